The zero-order chi connectivity index (χ0) is 14.1. The van der Waals surface area contributed by atoms with Gasteiger partial charge in [0.15, 0.2) is 0 Å². The van der Waals surface area contributed by atoms with Crippen LogP contribution in [0.1, 0.15) is 33.1 Å². The van der Waals surface area contributed by atoms with E-state index in [1.807, 2.05) is 6.92 Å². The van der Waals surface area contributed by atoms with Crippen LogP contribution in [0.4, 0.5) is 0 Å². The molecule has 1 aliphatic heterocycles. The van der Waals surface area contributed by atoms with Gasteiger partial charge in [-0.1, -0.05) is 19.1 Å². The van der Waals surface area contributed by atoms with Gasteiger partial charge in [-0.2, -0.15) is 0 Å². The summed E-state index contributed by atoms with van der Waals surface area (Å²) in [6.45, 7) is 11.7. The van der Waals surface area contributed by atoms with Crippen molar-refractivity contribution in [2.75, 3.05) is 32.8 Å². The summed E-state index contributed by atoms with van der Waals surface area (Å²) in [5.41, 5.74) is 1.00. The highest BCUT2D eigenvalue weighted by Gasteiger charge is 2.21. The van der Waals surface area contributed by atoms with Crippen LogP contribution in [0, 0.1) is 11.8 Å². The molecular weight excluding hydrogens is 240 g/mol. The van der Waals surface area contributed by atoms with Gasteiger partial charge in [-0.25, -0.2) is 0 Å². The van der Waals surface area contributed by atoms with Crippen LogP contribution in [0.15, 0.2) is 12.2 Å². The molecule has 19 heavy (non-hydrogen) atoms. The Morgan fingerprint density at radius 1 is 1.58 bits per heavy atom. The molecule has 0 aromatic rings. The molecule has 1 heterocycles. The molecule has 2 N–H and O–H groups in total. The highest BCUT2D eigenvalue weighted by molar-refractivity contribution is 5.76. The summed E-state index contributed by atoms with van der Waals surface area (Å²) < 4.78 is 5.34. The van der Waals surface area contributed by atoms with Crippen molar-refractivity contribution in [2.45, 2.75) is 33.1 Å². The fourth-order valence-corrected chi connectivity index (χ4v) is 2.40. The van der Waals surface area contributed by atoms with Crippen molar-refractivity contribution >= 4 is 5.91 Å². The van der Waals surface area contributed by atoms with E-state index in [1.54, 1.807) is 0 Å². The minimum Gasteiger partial charge on any atom is -0.375 e. The third-order valence-corrected chi connectivity index (χ3v) is 3.56. The number of rotatable bonds is 8. The Kier molecular flexibility index (Phi) is 7.75. The van der Waals surface area contributed by atoms with Crippen molar-refractivity contribution in [3.05, 3.63) is 12.2 Å². The predicted molar refractivity (Wildman–Crippen MR) is 78.0 cm³/mol. The van der Waals surface area contributed by atoms with Gasteiger partial charge in [-0.3, -0.25) is 4.79 Å². The molecule has 4 nitrogen and oxygen atoms in total. The van der Waals surface area contributed by atoms with Crippen LogP contribution < -0.4 is 10.6 Å². The van der Waals surface area contributed by atoms with E-state index >= 15 is 0 Å². The van der Waals surface area contributed by atoms with Crippen LogP contribution >= 0.6 is 0 Å². The van der Waals surface area contributed by atoms with Crippen LogP contribution in [0.5, 0.6) is 0 Å². The number of carbonyl (C=O) groups excluding carboxylic acids is 1. The zero-order valence-corrected chi connectivity index (χ0v) is 12.3. The lowest BCUT2D eigenvalue weighted by molar-refractivity contribution is -0.122. The minimum atomic E-state index is 0.136. The first kappa shape index (κ1) is 16.2. The lowest BCUT2D eigenvalue weighted by Crippen LogP contribution is -2.36. The van der Waals surface area contributed by atoms with E-state index in [9.17, 15) is 4.79 Å². The molecule has 0 spiro atoms. The maximum Gasteiger partial charge on any atom is 0.220 e. The molecular formula is C15H28N2O2. The molecule has 2 unspecified atom stereocenters. The Morgan fingerprint density at radius 2 is 2.37 bits per heavy atom. The molecule has 1 saturated heterocycles. The topological polar surface area (TPSA) is 50.4 Å². The fourth-order valence-electron chi connectivity index (χ4n) is 2.40. The molecule has 0 aromatic carbocycles. The van der Waals surface area contributed by atoms with Crippen LogP contribution in [0.25, 0.3) is 0 Å². The summed E-state index contributed by atoms with van der Waals surface area (Å²) in [5, 5.41) is 6.31. The number of amides is 1. The summed E-state index contributed by atoms with van der Waals surface area (Å²) in [6.07, 6.45) is 3.08. The van der Waals surface area contributed by atoms with Gasteiger partial charge in [0.25, 0.3) is 0 Å². The standard InChI is InChI=1S/C15H28N2O2/c1-12(2)11-19-8-7-17-15(18)9-13(3)14-5-4-6-16-10-14/h13-14,16H,1,4-11H2,2-3H3,(H,17,18). The quantitative estimate of drug-likeness (QED) is 0.520. The SMILES string of the molecule is C=C(C)COCCNC(=O)CC(C)C1CCCNC1. The average Bonchev–Trinajstić information content (AvgIpc) is 2.39. The van der Waals surface area contributed by atoms with E-state index in [0.29, 0.717) is 38.0 Å². The van der Waals surface area contributed by atoms with E-state index < -0.39 is 0 Å². The van der Waals surface area contributed by atoms with Crippen LogP contribution in [-0.2, 0) is 9.53 Å². The number of hydrogen-bond acceptors (Lipinski definition) is 3. The van der Waals surface area contributed by atoms with Crippen LogP contribution in [-0.4, -0.2) is 38.8 Å². The highest BCUT2D eigenvalue weighted by atomic mass is 16.5. The van der Waals surface area contributed by atoms with Crippen molar-refractivity contribution in [1.82, 2.24) is 10.6 Å². The summed E-state index contributed by atoms with van der Waals surface area (Å²) in [5.74, 6) is 1.22. The monoisotopic (exact) mass is 268 g/mol. The van der Waals surface area contributed by atoms with Crippen molar-refractivity contribution in [1.29, 1.82) is 0 Å². The summed E-state index contributed by atoms with van der Waals surface area (Å²) in [7, 11) is 0. The number of hydrogen-bond donors (Lipinski definition) is 2. The van der Waals surface area contributed by atoms with Gasteiger partial charge < -0.3 is 15.4 Å². The minimum absolute atomic E-state index is 0.136. The first-order chi connectivity index (χ1) is 9.09. The maximum absolute atomic E-state index is 11.8. The number of nitrogens with one attached hydrogen (secondary N) is 2. The maximum atomic E-state index is 11.8. The van der Waals surface area contributed by atoms with E-state index in [1.165, 1.54) is 12.8 Å². The summed E-state index contributed by atoms with van der Waals surface area (Å²) >= 11 is 0. The second-order valence-electron chi connectivity index (χ2n) is 5.65. The lowest BCUT2D eigenvalue weighted by atomic mass is 9.85. The van der Waals surface area contributed by atoms with Crippen molar-refractivity contribution < 1.29 is 9.53 Å². The Labute approximate surface area is 117 Å². The number of piperidine rings is 1. The first-order valence-corrected chi connectivity index (χ1v) is 7.29. The van der Waals surface area contributed by atoms with Crippen molar-refractivity contribution in [3.8, 4) is 0 Å². The number of ether oxygens (including phenoxy) is 1. The van der Waals surface area contributed by atoms with E-state index in [-0.39, 0.29) is 5.91 Å². The van der Waals surface area contributed by atoms with E-state index in [2.05, 4.69) is 24.1 Å². The number of carbonyl (C=O) groups is 1. The fraction of sp³-hybridized carbons (Fsp3) is 0.800. The van der Waals surface area contributed by atoms with Crippen molar-refractivity contribution in [3.63, 3.8) is 0 Å². The predicted octanol–water partition coefficient (Wildman–Crippen LogP) is 1.72. The first-order valence-electron chi connectivity index (χ1n) is 7.29. The second kappa shape index (κ2) is 9.10. The molecule has 110 valence electrons. The summed E-state index contributed by atoms with van der Waals surface area (Å²) in [4.78, 5) is 11.8. The summed E-state index contributed by atoms with van der Waals surface area (Å²) in [6, 6.07) is 0. The molecule has 0 aromatic heterocycles. The van der Waals surface area contributed by atoms with Gasteiger partial charge >= 0.3 is 0 Å². The molecule has 0 bridgehead atoms. The molecule has 1 amide bonds. The third kappa shape index (κ3) is 7.33. The van der Waals surface area contributed by atoms with Gasteiger partial charge in [0.1, 0.15) is 0 Å². The molecule has 0 aliphatic carbocycles. The van der Waals surface area contributed by atoms with Gasteiger partial charge in [-0.05, 0) is 44.7 Å². The third-order valence-electron chi connectivity index (χ3n) is 3.56. The van der Waals surface area contributed by atoms with E-state index in [0.717, 1.165) is 18.7 Å². The van der Waals surface area contributed by atoms with Gasteiger partial charge in [-0.15, -0.1) is 0 Å². The van der Waals surface area contributed by atoms with Gasteiger partial charge in [0, 0.05) is 13.0 Å². The van der Waals surface area contributed by atoms with Crippen molar-refractivity contribution in [2.24, 2.45) is 11.8 Å². The second-order valence-corrected chi connectivity index (χ2v) is 5.65. The highest BCUT2D eigenvalue weighted by Crippen LogP contribution is 2.22. The Balaban J connectivity index is 2.07. The lowest BCUT2D eigenvalue weighted by Gasteiger charge is -2.28. The molecule has 0 radical (unpaired) electrons. The molecule has 0 saturated carbocycles. The average molecular weight is 268 g/mol. The normalized spacial score (nSPS) is 20.8. The van der Waals surface area contributed by atoms with Crippen LogP contribution in [0.2, 0.25) is 0 Å². The smallest absolute Gasteiger partial charge is 0.220 e. The Hall–Kier alpha value is -0.870. The Morgan fingerprint density at radius 3 is 3.00 bits per heavy atom. The zero-order valence-electron chi connectivity index (χ0n) is 12.3. The molecule has 1 rings (SSSR count). The van der Waals surface area contributed by atoms with E-state index in [4.69, 9.17) is 4.74 Å². The van der Waals surface area contributed by atoms with Gasteiger partial charge in [0.2, 0.25) is 5.91 Å². The van der Waals surface area contributed by atoms with Crippen LogP contribution in [0.3, 0.4) is 0 Å². The molecule has 4 heteroatoms. The molecule has 1 aliphatic rings. The molecule has 2 atom stereocenters. The van der Waals surface area contributed by atoms with Gasteiger partial charge in [0.05, 0.1) is 13.2 Å². The molecule has 1 fully saturated rings. The largest absolute Gasteiger partial charge is 0.375 e. The Bertz CT molecular complexity index is 286.